The van der Waals surface area contributed by atoms with E-state index in [2.05, 4.69) is 0 Å². The van der Waals surface area contributed by atoms with Gasteiger partial charge < -0.3 is 14.2 Å². The average molecular weight is 295 g/mol. The summed E-state index contributed by atoms with van der Waals surface area (Å²) in [5, 5.41) is 0. The summed E-state index contributed by atoms with van der Waals surface area (Å²) in [6.07, 6.45) is 0.542. The highest BCUT2D eigenvalue weighted by Gasteiger charge is 2.12. The van der Waals surface area contributed by atoms with E-state index in [1.807, 2.05) is 0 Å². The van der Waals surface area contributed by atoms with Crippen LogP contribution in [0.4, 0.5) is 8.78 Å². The lowest BCUT2D eigenvalue weighted by atomic mass is 10.2. The van der Waals surface area contributed by atoms with E-state index < -0.39 is 11.6 Å². The molecule has 0 saturated heterocycles. The lowest BCUT2D eigenvalue weighted by Crippen LogP contribution is -2.08. The Morgan fingerprint density at radius 1 is 1.05 bits per heavy atom. The zero-order valence-electron chi connectivity index (χ0n) is 10.8. The Morgan fingerprint density at radius 2 is 1.74 bits per heavy atom. The first kappa shape index (κ1) is 16.1. The number of rotatable bonds is 9. The molecular weight excluding hydrogens is 278 g/mol. The molecule has 1 rings (SSSR count). The molecule has 0 saturated carbocycles. The third-order valence-corrected chi connectivity index (χ3v) is 2.63. The van der Waals surface area contributed by atoms with Gasteiger partial charge in [0.2, 0.25) is 0 Å². The molecule has 0 spiro atoms. The van der Waals surface area contributed by atoms with Gasteiger partial charge in [-0.15, -0.1) is 11.6 Å². The fraction of sp³-hybridized carbons (Fsp3) is 0.538. The van der Waals surface area contributed by atoms with Gasteiger partial charge in [0, 0.05) is 26.0 Å². The summed E-state index contributed by atoms with van der Waals surface area (Å²) in [6.45, 7) is 1.64. The second-order valence-corrected chi connectivity index (χ2v) is 4.10. The van der Waals surface area contributed by atoms with Crippen LogP contribution in [0.3, 0.4) is 0 Å². The van der Waals surface area contributed by atoms with E-state index in [-0.39, 0.29) is 18.2 Å². The molecule has 1 aromatic rings. The predicted molar refractivity (Wildman–Crippen MR) is 68.7 cm³/mol. The highest BCUT2D eigenvalue weighted by molar-refractivity contribution is 6.17. The second-order valence-electron chi connectivity index (χ2n) is 3.83. The summed E-state index contributed by atoms with van der Waals surface area (Å²) in [6, 6.07) is 2.33. The third kappa shape index (κ3) is 5.72. The SMILES string of the molecule is COCCOCCCOc1c(F)cc(CCl)cc1F. The fourth-order valence-corrected chi connectivity index (χ4v) is 1.56. The third-order valence-electron chi connectivity index (χ3n) is 2.32. The topological polar surface area (TPSA) is 27.7 Å². The van der Waals surface area contributed by atoms with Crippen molar-refractivity contribution in [1.82, 2.24) is 0 Å². The normalized spacial score (nSPS) is 10.7. The molecule has 0 aromatic heterocycles. The molecule has 0 bridgehead atoms. The molecule has 0 radical (unpaired) electrons. The van der Waals surface area contributed by atoms with Crippen LogP contribution in [0.25, 0.3) is 0 Å². The van der Waals surface area contributed by atoms with Crippen LogP contribution < -0.4 is 4.74 Å². The molecule has 0 amide bonds. The van der Waals surface area contributed by atoms with Gasteiger partial charge >= 0.3 is 0 Å². The Labute approximate surface area is 116 Å². The molecule has 0 fully saturated rings. The van der Waals surface area contributed by atoms with Crippen molar-refractivity contribution in [3.63, 3.8) is 0 Å². The maximum atomic E-state index is 13.5. The minimum absolute atomic E-state index is 0.0570. The Bertz CT molecular complexity index is 365. The van der Waals surface area contributed by atoms with Gasteiger partial charge in [-0.3, -0.25) is 0 Å². The zero-order valence-corrected chi connectivity index (χ0v) is 11.5. The number of hydrogen-bond donors (Lipinski definition) is 0. The summed E-state index contributed by atoms with van der Waals surface area (Å²) in [7, 11) is 1.59. The monoisotopic (exact) mass is 294 g/mol. The molecule has 6 heteroatoms. The van der Waals surface area contributed by atoms with E-state index in [9.17, 15) is 8.78 Å². The average Bonchev–Trinajstić information content (AvgIpc) is 2.40. The molecule has 0 aliphatic carbocycles. The molecular formula is C13H17ClF2O3. The quantitative estimate of drug-likeness (QED) is 0.517. The van der Waals surface area contributed by atoms with Gasteiger partial charge in [-0.1, -0.05) is 0 Å². The van der Waals surface area contributed by atoms with E-state index in [0.29, 0.717) is 31.8 Å². The van der Waals surface area contributed by atoms with Crippen molar-refractivity contribution in [3.8, 4) is 5.75 Å². The molecule has 19 heavy (non-hydrogen) atoms. The lowest BCUT2D eigenvalue weighted by molar-refractivity contribution is 0.0640. The second kappa shape index (κ2) is 9.07. The Hall–Kier alpha value is -0.910. The van der Waals surface area contributed by atoms with E-state index >= 15 is 0 Å². The van der Waals surface area contributed by atoms with E-state index in [1.54, 1.807) is 7.11 Å². The van der Waals surface area contributed by atoms with Gasteiger partial charge in [0.1, 0.15) is 0 Å². The predicted octanol–water partition coefficient (Wildman–Crippen LogP) is 3.14. The van der Waals surface area contributed by atoms with Crippen molar-refractivity contribution in [2.75, 3.05) is 33.5 Å². The van der Waals surface area contributed by atoms with Crippen molar-refractivity contribution in [1.29, 1.82) is 0 Å². The number of ether oxygens (including phenoxy) is 3. The number of methoxy groups -OCH3 is 1. The molecule has 3 nitrogen and oxygen atoms in total. The van der Waals surface area contributed by atoms with Gasteiger partial charge in [0.25, 0.3) is 0 Å². The fourth-order valence-electron chi connectivity index (χ4n) is 1.41. The molecule has 0 atom stereocenters. The standard InChI is InChI=1S/C13H17ClF2O3/c1-17-5-6-18-3-2-4-19-13-11(15)7-10(9-14)8-12(13)16/h7-8H,2-6,9H2,1H3. The largest absolute Gasteiger partial charge is 0.488 e. The Morgan fingerprint density at radius 3 is 2.32 bits per heavy atom. The maximum absolute atomic E-state index is 13.5. The summed E-state index contributed by atoms with van der Waals surface area (Å²) < 4.78 is 42.1. The maximum Gasteiger partial charge on any atom is 0.190 e. The van der Waals surface area contributed by atoms with Crippen LogP contribution in [0.5, 0.6) is 5.75 Å². The summed E-state index contributed by atoms with van der Waals surface area (Å²) in [5.74, 6) is -1.79. The van der Waals surface area contributed by atoms with Crippen LogP contribution >= 0.6 is 11.6 Å². The van der Waals surface area contributed by atoms with Crippen molar-refractivity contribution in [3.05, 3.63) is 29.3 Å². The van der Waals surface area contributed by atoms with Gasteiger partial charge in [0.05, 0.1) is 19.8 Å². The van der Waals surface area contributed by atoms with Crippen LogP contribution in [-0.4, -0.2) is 33.5 Å². The molecule has 0 N–H and O–H groups in total. The molecule has 1 aromatic carbocycles. The number of alkyl halides is 1. The highest BCUT2D eigenvalue weighted by atomic mass is 35.5. The summed E-state index contributed by atoms with van der Waals surface area (Å²) in [4.78, 5) is 0. The smallest absolute Gasteiger partial charge is 0.190 e. The molecule has 0 unspecified atom stereocenters. The Kier molecular flexibility index (Phi) is 7.70. The number of halogens is 3. The minimum atomic E-state index is -0.740. The molecule has 108 valence electrons. The van der Waals surface area contributed by atoms with Crippen molar-refractivity contribution in [2.24, 2.45) is 0 Å². The molecule has 0 aliphatic rings. The van der Waals surface area contributed by atoms with Crippen LogP contribution in [0.1, 0.15) is 12.0 Å². The van der Waals surface area contributed by atoms with E-state index in [0.717, 1.165) is 0 Å². The van der Waals surface area contributed by atoms with Crippen LogP contribution in [0.15, 0.2) is 12.1 Å². The number of hydrogen-bond acceptors (Lipinski definition) is 3. The van der Waals surface area contributed by atoms with Crippen LogP contribution in [-0.2, 0) is 15.4 Å². The van der Waals surface area contributed by atoms with Crippen LogP contribution in [0, 0.1) is 11.6 Å². The van der Waals surface area contributed by atoms with E-state index in [4.69, 9.17) is 25.8 Å². The number of benzene rings is 1. The zero-order chi connectivity index (χ0) is 14.1. The van der Waals surface area contributed by atoms with Crippen LogP contribution in [0.2, 0.25) is 0 Å². The van der Waals surface area contributed by atoms with Crippen molar-refractivity contribution < 1.29 is 23.0 Å². The lowest BCUT2D eigenvalue weighted by Gasteiger charge is -2.09. The summed E-state index contributed by atoms with van der Waals surface area (Å²) in [5.41, 5.74) is 0.381. The molecule has 0 aliphatic heterocycles. The van der Waals surface area contributed by atoms with Crippen molar-refractivity contribution in [2.45, 2.75) is 12.3 Å². The van der Waals surface area contributed by atoms with Gasteiger partial charge in [-0.25, -0.2) is 8.78 Å². The van der Waals surface area contributed by atoms with Gasteiger partial charge in [-0.2, -0.15) is 0 Å². The van der Waals surface area contributed by atoms with Gasteiger partial charge in [0.15, 0.2) is 17.4 Å². The van der Waals surface area contributed by atoms with E-state index in [1.165, 1.54) is 12.1 Å². The van der Waals surface area contributed by atoms with Gasteiger partial charge in [-0.05, 0) is 17.7 Å². The first-order valence-corrected chi connectivity index (χ1v) is 6.46. The summed E-state index contributed by atoms with van der Waals surface area (Å²) >= 11 is 5.51. The van der Waals surface area contributed by atoms with Crippen molar-refractivity contribution >= 4 is 11.6 Å². The first-order chi connectivity index (χ1) is 9.19. The highest BCUT2D eigenvalue weighted by Crippen LogP contribution is 2.24. The molecule has 0 heterocycles. The first-order valence-electron chi connectivity index (χ1n) is 5.92. The Balaban J connectivity index is 2.33. The minimum Gasteiger partial charge on any atom is -0.488 e.